The summed E-state index contributed by atoms with van der Waals surface area (Å²) in [6.07, 6.45) is 0.425. The fraction of sp³-hybridized carbons (Fsp3) is 0.231. The monoisotopic (exact) mass is 447 g/mol. The van der Waals surface area contributed by atoms with Crippen molar-refractivity contribution in [3.05, 3.63) is 95.3 Å². The number of ether oxygens (including phenoxy) is 1. The van der Waals surface area contributed by atoms with Crippen LogP contribution in [0.4, 0.5) is 15.8 Å². The van der Waals surface area contributed by atoms with Gasteiger partial charge in [-0.1, -0.05) is 30.3 Å². The van der Waals surface area contributed by atoms with Crippen molar-refractivity contribution in [2.75, 3.05) is 30.4 Å². The van der Waals surface area contributed by atoms with Gasteiger partial charge in [0.1, 0.15) is 12.0 Å². The Morgan fingerprint density at radius 1 is 1.03 bits per heavy atom. The maximum absolute atomic E-state index is 13.8. The molecular formula is C26H26FN3O3. The summed E-state index contributed by atoms with van der Waals surface area (Å²) in [6.45, 7) is 3.75. The average Bonchev–Trinajstić information content (AvgIpc) is 3.10. The maximum atomic E-state index is 13.8. The number of para-hydroxylation sites is 1. The number of halogens is 1. The first kappa shape index (κ1) is 22.5. The molecule has 4 rings (SSSR count). The SMILES string of the molecule is CCOCCCN1C(=O)c2ccccc2C1Nc1ccc(C(=O)Nc2ccccc2F)cc1. The van der Waals surface area contributed by atoms with Crippen LogP contribution in [-0.4, -0.2) is 36.5 Å². The second-order valence-electron chi connectivity index (χ2n) is 7.69. The Labute approximate surface area is 192 Å². The second-order valence-corrected chi connectivity index (χ2v) is 7.69. The van der Waals surface area contributed by atoms with Gasteiger partial charge in [-0.15, -0.1) is 0 Å². The normalized spacial score (nSPS) is 14.8. The predicted molar refractivity (Wildman–Crippen MR) is 126 cm³/mol. The third-order valence-electron chi connectivity index (χ3n) is 5.52. The van der Waals surface area contributed by atoms with Gasteiger partial charge in [-0.3, -0.25) is 9.59 Å². The van der Waals surface area contributed by atoms with Crippen LogP contribution in [0, 0.1) is 5.82 Å². The van der Waals surface area contributed by atoms with Gasteiger partial charge in [0.15, 0.2) is 0 Å². The third-order valence-corrected chi connectivity index (χ3v) is 5.52. The molecule has 7 heteroatoms. The van der Waals surface area contributed by atoms with E-state index in [-0.39, 0.29) is 17.8 Å². The van der Waals surface area contributed by atoms with Crippen molar-refractivity contribution in [2.45, 2.75) is 19.5 Å². The van der Waals surface area contributed by atoms with Gasteiger partial charge in [-0.05, 0) is 55.8 Å². The molecule has 2 N–H and O–H groups in total. The number of anilines is 2. The van der Waals surface area contributed by atoms with E-state index in [9.17, 15) is 14.0 Å². The van der Waals surface area contributed by atoms with Crippen molar-refractivity contribution >= 4 is 23.2 Å². The number of carbonyl (C=O) groups excluding carboxylic acids is 2. The first-order valence-electron chi connectivity index (χ1n) is 11.0. The summed E-state index contributed by atoms with van der Waals surface area (Å²) in [5.41, 5.74) is 2.91. The molecular weight excluding hydrogens is 421 g/mol. The van der Waals surface area contributed by atoms with Crippen LogP contribution in [0.5, 0.6) is 0 Å². The largest absolute Gasteiger partial charge is 0.382 e. The number of fused-ring (bicyclic) bond motifs is 1. The zero-order valence-corrected chi connectivity index (χ0v) is 18.4. The molecule has 1 heterocycles. The van der Waals surface area contributed by atoms with Crippen molar-refractivity contribution in [1.82, 2.24) is 4.90 Å². The number of rotatable bonds is 9. The number of benzene rings is 3. The van der Waals surface area contributed by atoms with E-state index in [2.05, 4.69) is 10.6 Å². The van der Waals surface area contributed by atoms with E-state index in [0.717, 1.165) is 17.7 Å². The van der Waals surface area contributed by atoms with E-state index in [1.54, 1.807) is 36.4 Å². The molecule has 6 nitrogen and oxygen atoms in total. The summed E-state index contributed by atoms with van der Waals surface area (Å²) >= 11 is 0. The summed E-state index contributed by atoms with van der Waals surface area (Å²) in [4.78, 5) is 27.3. The van der Waals surface area contributed by atoms with E-state index in [1.165, 1.54) is 12.1 Å². The lowest BCUT2D eigenvalue weighted by Gasteiger charge is -2.27. The van der Waals surface area contributed by atoms with E-state index in [0.29, 0.717) is 30.9 Å². The zero-order valence-electron chi connectivity index (χ0n) is 18.4. The highest BCUT2D eigenvalue weighted by Gasteiger charge is 2.36. The van der Waals surface area contributed by atoms with Gasteiger partial charge in [0, 0.05) is 42.1 Å². The number of hydrogen-bond donors (Lipinski definition) is 2. The van der Waals surface area contributed by atoms with E-state index >= 15 is 0 Å². The van der Waals surface area contributed by atoms with Crippen LogP contribution in [0.3, 0.4) is 0 Å². The summed E-state index contributed by atoms with van der Waals surface area (Å²) in [6, 6.07) is 20.5. The van der Waals surface area contributed by atoms with Crippen LogP contribution in [0.25, 0.3) is 0 Å². The second kappa shape index (κ2) is 10.3. The Kier molecular flexibility index (Phi) is 7.00. The van der Waals surface area contributed by atoms with Crippen molar-refractivity contribution in [3.63, 3.8) is 0 Å². The number of nitrogens with zero attached hydrogens (tertiary/aromatic N) is 1. The zero-order chi connectivity index (χ0) is 23.2. The molecule has 0 radical (unpaired) electrons. The molecule has 33 heavy (non-hydrogen) atoms. The number of amides is 2. The minimum atomic E-state index is -0.488. The Hall–Kier alpha value is -3.71. The molecule has 0 saturated carbocycles. The Bertz CT molecular complexity index is 1130. The van der Waals surface area contributed by atoms with Crippen LogP contribution < -0.4 is 10.6 Å². The minimum absolute atomic E-state index is 0.0134. The van der Waals surface area contributed by atoms with Gasteiger partial charge < -0.3 is 20.3 Å². The standard InChI is InChI=1S/C26H26FN3O3/c1-2-33-17-7-16-30-24(20-8-3-4-9-21(20)26(30)32)28-19-14-12-18(13-15-19)25(31)29-23-11-6-5-10-22(23)27/h3-6,8-15,24,28H,2,7,16-17H2,1H3,(H,29,31). The number of carbonyl (C=O) groups is 2. The van der Waals surface area contributed by atoms with E-state index in [4.69, 9.17) is 4.74 Å². The number of nitrogens with one attached hydrogen (secondary N) is 2. The first-order chi connectivity index (χ1) is 16.1. The van der Waals surface area contributed by atoms with Gasteiger partial charge in [0.25, 0.3) is 11.8 Å². The number of hydrogen-bond acceptors (Lipinski definition) is 4. The first-order valence-corrected chi connectivity index (χ1v) is 11.0. The third kappa shape index (κ3) is 5.04. The Balaban J connectivity index is 1.47. The van der Waals surface area contributed by atoms with Crippen LogP contribution >= 0.6 is 0 Å². The molecule has 1 aliphatic rings. The van der Waals surface area contributed by atoms with Gasteiger partial charge in [-0.25, -0.2) is 4.39 Å². The van der Waals surface area contributed by atoms with Crippen molar-refractivity contribution in [1.29, 1.82) is 0 Å². The van der Waals surface area contributed by atoms with Crippen LogP contribution in [0.2, 0.25) is 0 Å². The predicted octanol–water partition coefficient (Wildman–Crippen LogP) is 5.07. The molecule has 0 spiro atoms. The van der Waals surface area contributed by atoms with Crippen molar-refractivity contribution in [3.8, 4) is 0 Å². The lowest BCUT2D eigenvalue weighted by molar-refractivity contribution is 0.0709. The molecule has 0 fully saturated rings. The highest BCUT2D eigenvalue weighted by molar-refractivity contribution is 6.04. The topological polar surface area (TPSA) is 70.7 Å². The molecule has 1 atom stereocenters. The molecule has 0 saturated heterocycles. The summed E-state index contributed by atoms with van der Waals surface area (Å²) < 4.78 is 19.2. The molecule has 0 bridgehead atoms. The maximum Gasteiger partial charge on any atom is 0.256 e. The molecule has 170 valence electrons. The van der Waals surface area contributed by atoms with Gasteiger partial charge >= 0.3 is 0 Å². The summed E-state index contributed by atoms with van der Waals surface area (Å²) in [7, 11) is 0. The highest BCUT2D eigenvalue weighted by atomic mass is 19.1. The van der Waals surface area contributed by atoms with Gasteiger partial charge in [0.2, 0.25) is 0 Å². The van der Waals surface area contributed by atoms with Crippen molar-refractivity contribution < 1.29 is 18.7 Å². The fourth-order valence-corrected chi connectivity index (χ4v) is 3.87. The molecule has 3 aromatic rings. The van der Waals surface area contributed by atoms with Gasteiger partial charge in [0.05, 0.1) is 5.69 Å². The smallest absolute Gasteiger partial charge is 0.256 e. The van der Waals surface area contributed by atoms with E-state index in [1.807, 2.05) is 36.1 Å². The highest BCUT2D eigenvalue weighted by Crippen LogP contribution is 2.34. The van der Waals surface area contributed by atoms with Gasteiger partial charge in [-0.2, -0.15) is 0 Å². The molecule has 0 aromatic heterocycles. The Morgan fingerprint density at radius 2 is 1.76 bits per heavy atom. The summed E-state index contributed by atoms with van der Waals surface area (Å²) in [5, 5.41) is 6.00. The fourth-order valence-electron chi connectivity index (χ4n) is 3.87. The Morgan fingerprint density at radius 3 is 2.52 bits per heavy atom. The van der Waals surface area contributed by atoms with Crippen LogP contribution in [0.1, 0.15) is 45.8 Å². The lowest BCUT2D eigenvalue weighted by Crippen LogP contribution is -2.33. The molecule has 3 aromatic carbocycles. The summed E-state index contributed by atoms with van der Waals surface area (Å²) in [5.74, 6) is -0.899. The van der Waals surface area contributed by atoms with Crippen LogP contribution in [-0.2, 0) is 4.74 Å². The lowest BCUT2D eigenvalue weighted by atomic mass is 10.1. The molecule has 0 aliphatic carbocycles. The quantitative estimate of drug-likeness (QED) is 0.449. The molecule has 1 aliphatic heterocycles. The van der Waals surface area contributed by atoms with Crippen LogP contribution in [0.15, 0.2) is 72.8 Å². The molecule has 2 amide bonds. The molecule has 1 unspecified atom stereocenters. The van der Waals surface area contributed by atoms with Crippen molar-refractivity contribution in [2.24, 2.45) is 0 Å². The average molecular weight is 448 g/mol. The minimum Gasteiger partial charge on any atom is -0.382 e. The van der Waals surface area contributed by atoms with E-state index < -0.39 is 11.7 Å².